The van der Waals surface area contributed by atoms with Gasteiger partial charge in [0, 0.05) is 30.4 Å². The van der Waals surface area contributed by atoms with Gasteiger partial charge in [0.25, 0.3) is 0 Å². The van der Waals surface area contributed by atoms with Crippen LogP contribution in [0.1, 0.15) is 13.8 Å². The van der Waals surface area contributed by atoms with E-state index in [-0.39, 0.29) is 24.1 Å². The molecule has 0 aliphatic heterocycles. The largest absolute Gasteiger partial charge is 0.395 e. The smallest absolute Gasteiger partial charge is 0.245 e. The molecular weight excluding hydrogens is 266 g/mol. The van der Waals surface area contributed by atoms with E-state index in [0.29, 0.717) is 11.0 Å². The van der Waals surface area contributed by atoms with Crippen LogP contribution in [0.2, 0.25) is 0 Å². The average Bonchev–Trinajstić information content (AvgIpc) is 2.79. The fraction of sp³-hybridized carbons (Fsp3) is 0.417. The molecule has 104 valence electrons. The van der Waals surface area contributed by atoms with Gasteiger partial charge in [-0.15, -0.1) is 0 Å². The van der Waals surface area contributed by atoms with Gasteiger partial charge in [-0.05, 0) is 26.0 Å². The summed E-state index contributed by atoms with van der Waals surface area (Å²) in [5.74, 6) is 0. The van der Waals surface area contributed by atoms with Crippen LogP contribution in [0.5, 0.6) is 0 Å². The van der Waals surface area contributed by atoms with Crippen molar-refractivity contribution in [2.45, 2.75) is 24.8 Å². The van der Waals surface area contributed by atoms with Gasteiger partial charge < -0.3 is 10.1 Å². The monoisotopic (exact) mass is 283 g/mol. The van der Waals surface area contributed by atoms with Gasteiger partial charge in [-0.2, -0.15) is 4.31 Å². The molecule has 2 rings (SSSR count). The minimum absolute atomic E-state index is 0.0763. The maximum absolute atomic E-state index is 12.6. The molecule has 0 bridgehead atoms. The number of nitrogens with one attached hydrogen (secondary N) is 1. The number of aliphatic hydroxyl groups is 1. The molecule has 2 aromatic rings. The Morgan fingerprint density at radius 1 is 1.47 bits per heavy atom. The van der Waals surface area contributed by atoms with Gasteiger partial charge in [-0.3, -0.25) is 0 Å². The summed E-state index contributed by atoms with van der Waals surface area (Å²) in [6, 6.07) is 3.18. The molecule has 0 aromatic carbocycles. The Labute approximate surface area is 112 Å². The molecule has 2 N–H and O–H groups in total. The molecule has 0 saturated carbocycles. The standard InChI is InChI=1S/C12H17N3O3S/c1-9(2)15(6-7-16)19(17,18)11-8-14-12-10(11)4-3-5-13-12/h3-5,8-9,16H,6-7H2,1-2H3,(H,13,14). The molecule has 0 aliphatic rings. The number of H-pyrrole nitrogens is 1. The minimum atomic E-state index is -3.64. The van der Waals surface area contributed by atoms with Gasteiger partial charge in [-0.1, -0.05) is 0 Å². The van der Waals surface area contributed by atoms with Gasteiger partial charge in [0.2, 0.25) is 10.0 Å². The van der Waals surface area contributed by atoms with Crippen LogP contribution < -0.4 is 0 Å². The Kier molecular flexibility index (Phi) is 3.88. The number of nitrogens with zero attached hydrogens (tertiary/aromatic N) is 2. The zero-order chi connectivity index (χ0) is 14.0. The summed E-state index contributed by atoms with van der Waals surface area (Å²) in [4.78, 5) is 7.12. The predicted octanol–water partition coefficient (Wildman–Crippen LogP) is 0.954. The lowest BCUT2D eigenvalue weighted by atomic mass is 10.3. The summed E-state index contributed by atoms with van der Waals surface area (Å²) < 4.78 is 26.5. The van der Waals surface area contributed by atoms with E-state index in [1.807, 2.05) is 0 Å². The topological polar surface area (TPSA) is 86.3 Å². The van der Waals surface area contributed by atoms with Crippen LogP contribution in [0, 0.1) is 0 Å². The highest BCUT2D eigenvalue weighted by molar-refractivity contribution is 7.89. The van der Waals surface area contributed by atoms with E-state index in [4.69, 9.17) is 5.11 Å². The van der Waals surface area contributed by atoms with Gasteiger partial charge in [0.05, 0.1) is 6.61 Å². The molecule has 0 fully saturated rings. The van der Waals surface area contributed by atoms with Crippen molar-refractivity contribution < 1.29 is 13.5 Å². The van der Waals surface area contributed by atoms with Gasteiger partial charge in [-0.25, -0.2) is 13.4 Å². The number of aliphatic hydroxyl groups excluding tert-OH is 1. The molecule has 2 heterocycles. The van der Waals surface area contributed by atoms with E-state index >= 15 is 0 Å². The van der Waals surface area contributed by atoms with Crippen molar-refractivity contribution in [1.82, 2.24) is 14.3 Å². The molecule has 0 aliphatic carbocycles. The Morgan fingerprint density at radius 2 is 2.21 bits per heavy atom. The van der Waals surface area contributed by atoms with E-state index < -0.39 is 10.0 Å². The average molecular weight is 283 g/mol. The molecule has 0 atom stereocenters. The summed E-state index contributed by atoms with van der Waals surface area (Å²) in [6.45, 7) is 3.42. The van der Waals surface area contributed by atoms with Crippen LogP contribution in [-0.4, -0.2) is 47.0 Å². The van der Waals surface area contributed by atoms with Crippen LogP contribution in [0.3, 0.4) is 0 Å². The number of pyridine rings is 1. The molecule has 0 unspecified atom stereocenters. The number of aromatic nitrogens is 2. The van der Waals surface area contributed by atoms with Crippen LogP contribution >= 0.6 is 0 Å². The quantitative estimate of drug-likeness (QED) is 0.855. The van der Waals surface area contributed by atoms with Crippen LogP contribution in [0.25, 0.3) is 11.0 Å². The molecule has 0 spiro atoms. The van der Waals surface area contributed by atoms with E-state index in [1.165, 1.54) is 10.5 Å². The van der Waals surface area contributed by atoms with Crippen molar-refractivity contribution in [1.29, 1.82) is 0 Å². The highest BCUT2D eigenvalue weighted by atomic mass is 32.2. The van der Waals surface area contributed by atoms with Crippen LogP contribution in [-0.2, 0) is 10.0 Å². The van der Waals surface area contributed by atoms with E-state index in [2.05, 4.69) is 9.97 Å². The summed E-state index contributed by atoms with van der Waals surface area (Å²) in [6.07, 6.45) is 3.04. The van der Waals surface area contributed by atoms with E-state index in [1.54, 1.807) is 32.2 Å². The SMILES string of the molecule is CC(C)N(CCO)S(=O)(=O)c1c[nH]c2ncccc12. The van der Waals surface area contributed by atoms with Gasteiger partial charge in [0.15, 0.2) is 0 Å². The highest BCUT2D eigenvalue weighted by Gasteiger charge is 2.29. The highest BCUT2D eigenvalue weighted by Crippen LogP contribution is 2.25. The maximum Gasteiger partial charge on any atom is 0.245 e. The Hall–Kier alpha value is -1.44. The number of hydrogen-bond acceptors (Lipinski definition) is 4. The number of sulfonamides is 1. The summed E-state index contributed by atoms with van der Waals surface area (Å²) >= 11 is 0. The molecule has 0 radical (unpaired) electrons. The number of hydrogen-bond donors (Lipinski definition) is 2. The zero-order valence-electron chi connectivity index (χ0n) is 10.9. The van der Waals surface area contributed by atoms with Crippen molar-refractivity contribution in [3.05, 3.63) is 24.5 Å². The number of fused-ring (bicyclic) bond motifs is 1. The lowest BCUT2D eigenvalue weighted by Gasteiger charge is -2.24. The first-order valence-electron chi connectivity index (χ1n) is 6.03. The first kappa shape index (κ1) is 14.0. The molecule has 0 amide bonds. The fourth-order valence-corrected chi connectivity index (χ4v) is 3.81. The first-order chi connectivity index (χ1) is 8.98. The molecule has 6 nitrogen and oxygen atoms in total. The Morgan fingerprint density at radius 3 is 2.84 bits per heavy atom. The third kappa shape index (κ3) is 2.49. The van der Waals surface area contributed by atoms with Gasteiger partial charge in [0.1, 0.15) is 10.5 Å². The maximum atomic E-state index is 12.6. The Bertz CT molecular complexity index is 664. The molecule has 2 aromatic heterocycles. The summed E-state index contributed by atoms with van der Waals surface area (Å²) in [5, 5.41) is 9.59. The van der Waals surface area contributed by atoms with Gasteiger partial charge >= 0.3 is 0 Å². The van der Waals surface area contributed by atoms with Crippen LogP contribution in [0.4, 0.5) is 0 Å². The molecule has 19 heavy (non-hydrogen) atoms. The van der Waals surface area contributed by atoms with Crippen molar-refractivity contribution in [3.8, 4) is 0 Å². The third-order valence-corrected chi connectivity index (χ3v) is 5.01. The van der Waals surface area contributed by atoms with Crippen molar-refractivity contribution in [2.24, 2.45) is 0 Å². The van der Waals surface area contributed by atoms with E-state index in [9.17, 15) is 8.42 Å². The van der Waals surface area contributed by atoms with Crippen LogP contribution in [0.15, 0.2) is 29.4 Å². The summed E-state index contributed by atoms with van der Waals surface area (Å²) in [5.41, 5.74) is 0.536. The summed E-state index contributed by atoms with van der Waals surface area (Å²) in [7, 11) is -3.64. The van der Waals surface area contributed by atoms with Crippen molar-refractivity contribution in [3.63, 3.8) is 0 Å². The van der Waals surface area contributed by atoms with E-state index in [0.717, 1.165) is 0 Å². The molecular formula is C12H17N3O3S. The second-order valence-corrected chi connectivity index (χ2v) is 6.34. The molecule has 0 saturated heterocycles. The number of aromatic amines is 1. The second-order valence-electron chi connectivity index (χ2n) is 4.49. The Balaban J connectivity index is 2.54. The normalized spacial score (nSPS) is 12.7. The second kappa shape index (κ2) is 5.28. The third-order valence-electron chi connectivity index (χ3n) is 2.90. The first-order valence-corrected chi connectivity index (χ1v) is 7.47. The lowest BCUT2D eigenvalue weighted by molar-refractivity contribution is 0.236. The van der Waals surface area contributed by atoms with Crippen molar-refractivity contribution in [2.75, 3.05) is 13.2 Å². The lowest BCUT2D eigenvalue weighted by Crippen LogP contribution is -2.38. The predicted molar refractivity (Wildman–Crippen MR) is 72.2 cm³/mol. The zero-order valence-corrected chi connectivity index (χ0v) is 11.7. The minimum Gasteiger partial charge on any atom is -0.395 e. The fourth-order valence-electron chi connectivity index (χ4n) is 2.03. The number of rotatable bonds is 5. The molecule has 7 heteroatoms. The van der Waals surface area contributed by atoms with Crippen molar-refractivity contribution >= 4 is 21.1 Å².